The summed E-state index contributed by atoms with van der Waals surface area (Å²) in [5, 5.41) is 0. The first kappa shape index (κ1) is 17.1. The van der Waals surface area contributed by atoms with Gasteiger partial charge in [-0.25, -0.2) is 14.0 Å². The SMILES string of the molecule is O=C(OCC1CCCO1)c1ccc(OC(=O)c2ccccc2F)cc1. The van der Waals surface area contributed by atoms with Gasteiger partial charge in [0.15, 0.2) is 0 Å². The van der Waals surface area contributed by atoms with Crippen LogP contribution in [-0.2, 0) is 9.47 Å². The average Bonchev–Trinajstić information content (AvgIpc) is 3.14. The number of benzene rings is 2. The maximum atomic E-state index is 13.6. The maximum absolute atomic E-state index is 13.6. The van der Waals surface area contributed by atoms with E-state index in [2.05, 4.69) is 0 Å². The molecular weight excluding hydrogens is 327 g/mol. The lowest BCUT2D eigenvalue weighted by molar-refractivity contribution is 0.0161. The van der Waals surface area contributed by atoms with E-state index >= 15 is 0 Å². The molecule has 1 saturated heterocycles. The van der Waals surface area contributed by atoms with Crippen LogP contribution in [0, 0.1) is 5.82 Å². The van der Waals surface area contributed by atoms with E-state index in [-0.39, 0.29) is 24.0 Å². The summed E-state index contributed by atoms with van der Waals surface area (Å²) in [6, 6.07) is 11.5. The molecule has 1 aliphatic rings. The largest absolute Gasteiger partial charge is 0.459 e. The quantitative estimate of drug-likeness (QED) is 0.615. The van der Waals surface area contributed by atoms with Crippen molar-refractivity contribution in [1.82, 2.24) is 0 Å². The van der Waals surface area contributed by atoms with Crippen LogP contribution < -0.4 is 4.74 Å². The van der Waals surface area contributed by atoms with Crippen LogP contribution >= 0.6 is 0 Å². The first-order valence-electron chi connectivity index (χ1n) is 7.99. The van der Waals surface area contributed by atoms with Crippen LogP contribution in [0.25, 0.3) is 0 Å². The second-order valence-corrected chi connectivity index (χ2v) is 5.63. The van der Waals surface area contributed by atoms with Crippen molar-refractivity contribution >= 4 is 11.9 Å². The van der Waals surface area contributed by atoms with Gasteiger partial charge < -0.3 is 14.2 Å². The smallest absolute Gasteiger partial charge is 0.346 e. The summed E-state index contributed by atoms with van der Waals surface area (Å²) >= 11 is 0. The number of carbonyl (C=O) groups is 2. The first-order valence-corrected chi connectivity index (χ1v) is 7.99. The second-order valence-electron chi connectivity index (χ2n) is 5.63. The molecule has 2 aromatic carbocycles. The summed E-state index contributed by atoms with van der Waals surface area (Å²) in [7, 11) is 0. The molecule has 0 N–H and O–H groups in total. The van der Waals surface area contributed by atoms with Gasteiger partial charge >= 0.3 is 11.9 Å². The van der Waals surface area contributed by atoms with Gasteiger partial charge in [-0.1, -0.05) is 12.1 Å². The highest BCUT2D eigenvalue weighted by atomic mass is 19.1. The average molecular weight is 344 g/mol. The zero-order valence-corrected chi connectivity index (χ0v) is 13.4. The van der Waals surface area contributed by atoms with E-state index in [0.29, 0.717) is 12.2 Å². The topological polar surface area (TPSA) is 61.8 Å². The molecule has 0 spiro atoms. The zero-order chi connectivity index (χ0) is 17.6. The number of hydrogen-bond acceptors (Lipinski definition) is 5. The lowest BCUT2D eigenvalue weighted by Gasteiger charge is -2.10. The molecule has 6 heteroatoms. The molecule has 0 amide bonds. The molecule has 1 unspecified atom stereocenters. The van der Waals surface area contributed by atoms with Crippen LogP contribution in [-0.4, -0.2) is 31.3 Å². The highest BCUT2D eigenvalue weighted by Crippen LogP contribution is 2.17. The second kappa shape index (κ2) is 7.90. The lowest BCUT2D eigenvalue weighted by atomic mass is 10.2. The summed E-state index contributed by atoms with van der Waals surface area (Å²) in [6.07, 6.45) is 1.83. The molecule has 1 atom stereocenters. The molecule has 3 rings (SSSR count). The summed E-state index contributed by atoms with van der Waals surface area (Å²) in [6.45, 7) is 0.924. The van der Waals surface area contributed by atoms with Crippen molar-refractivity contribution < 1.29 is 28.2 Å². The summed E-state index contributed by atoms with van der Waals surface area (Å²) in [5.41, 5.74) is 0.186. The van der Waals surface area contributed by atoms with E-state index in [1.54, 1.807) is 6.07 Å². The van der Waals surface area contributed by atoms with Crippen molar-refractivity contribution in [1.29, 1.82) is 0 Å². The first-order chi connectivity index (χ1) is 12.1. The molecule has 1 heterocycles. The van der Waals surface area contributed by atoms with Crippen molar-refractivity contribution in [3.05, 3.63) is 65.5 Å². The molecular formula is C19H17FO5. The third kappa shape index (κ3) is 4.42. The van der Waals surface area contributed by atoms with Crippen molar-refractivity contribution in [2.24, 2.45) is 0 Å². The molecule has 0 aromatic heterocycles. The molecule has 5 nitrogen and oxygen atoms in total. The molecule has 2 aromatic rings. The number of hydrogen-bond donors (Lipinski definition) is 0. The van der Waals surface area contributed by atoms with E-state index in [0.717, 1.165) is 12.8 Å². The van der Waals surface area contributed by atoms with E-state index in [4.69, 9.17) is 14.2 Å². The minimum atomic E-state index is -0.799. The highest BCUT2D eigenvalue weighted by Gasteiger charge is 2.18. The van der Waals surface area contributed by atoms with E-state index in [1.165, 1.54) is 42.5 Å². The van der Waals surface area contributed by atoms with E-state index in [1.807, 2.05) is 0 Å². The van der Waals surface area contributed by atoms with Crippen molar-refractivity contribution in [2.45, 2.75) is 18.9 Å². The number of ether oxygens (including phenoxy) is 3. The fourth-order valence-electron chi connectivity index (χ4n) is 2.48. The number of carbonyl (C=O) groups excluding carboxylic acids is 2. The molecule has 0 radical (unpaired) electrons. The standard InChI is InChI=1S/C19H17FO5/c20-17-6-2-1-5-16(17)19(22)25-14-9-7-13(8-10-14)18(21)24-12-15-4-3-11-23-15/h1-2,5-10,15H,3-4,11-12H2. The Labute approximate surface area is 144 Å². The Morgan fingerprint density at radius 1 is 1.08 bits per heavy atom. The minimum absolute atomic E-state index is 0.0371. The number of esters is 2. The fraction of sp³-hybridized carbons (Fsp3) is 0.263. The molecule has 0 saturated carbocycles. The number of rotatable bonds is 5. The summed E-state index contributed by atoms with van der Waals surface area (Å²) in [5.74, 6) is -1.71. The Bertz CT molecular complexity index is 751. The van der Waals surface area contributed by atoms with Crippen LogP contribution in [0.4, 0.5) is 4.39 Å². The Kier molecular flexibility index (Phi) is 5.40. The third-order valence-electron chi connectivity index (χ3n) is 3.82. The fourth-order valence-corrected chi connectivity index (χ4v) is 2.48. The summed E-state index contributed by atoms with van der Waals surface area (Å²) in [4.78, 5) is 23.9. The van der Waals surface area contributed by atoms with Gasteiger partial charge in [0.25, 0.3) is 0 Å². The van der Waals surface area contributed by atoms with E-state index in [9.17, 15) is 14.0 Å². The van der Waals surface area contributed by atoms with Gasteiger partial charge in [0.1, 0.15) is 18.2 Å². The predicted molar refractivity (Wildman–Crippen MR) is 87.1 cm³/mol. The minimum Gasteiger partial charge on any atom is -0.459 e. The van der Waals surface area contributed by atoms with Gasteiger partial charge in [0.2, 0.25) is 0 Å². The predicted octanol–water partition coefficient (Wildman–Crippen LogP) is 3.38. The Balaban J connectivity index is 1.57. The monoisotopic (exact) mass is 344 g/mol. The number of halogens is 1. The maximum Gasteiger partial charge on any atom is 0.346 e. The van der Waals surface area contributed by atoms with Gasteiger partial charge in [-0.3, -0.25) is 0 Å². The van der Waals surface area contributed by atoms with Gasteiger partial charge in [0.05, 0.1) is 17.2 Å². The van der Waals surface area contributed by atoms with Crippen LogP contribution in [0.15, 0.2) is 48.5 Å². The highest BCUT2D eigenvalue weighted by molar-refractivity contribution is 5.92. The van der Waals surface area contributed by atoms with E-state index < -0.39 is 17.8 Å². The lowest BCUT2D eigenvalue weighted by Crippen LogP contribution is -2.17. The normalized spacial score (nSPS) is 16.4. The van der Waals surface area contributed by atoms with Crippen molar-refractivity contribution in [3.8, 4) is 5.75 Å². The van der Waals surface area contributed by atoms with Gasteiger partial charge in [0, 0.05) is 6.61 Å². The molecule has 130 valence electrons. The van der Waals surface area contributed by atoms with Crippen LogP contribution in [0.5, 0.6) is 5.75 Å². The zero-order valence-electron chi connectivity index (χ0n) is 13.4. The molecule has 1 fully saturated rings. The molecule has 0 aliphatic carbocycles. The Hall–Kier alpha value is -2.73. The molecule has 0 bridgehead atoms. The van der Waals surface area contributed by atoms with Crippen LogP contribution in [0.2, 0.25) is 0 Å². The third-order valence-corrected chi connectivity index (χ3v) is 3.82. The summed E-state index contributed by atoms with van der Waals surface area (Å²) < 4.78 is 29.2. The van der Waals surface area contributed by atoms with Crippen LogP contribution in [0.1, 0.15) is 33.6 Å². The van der Waals surface area contributed by atoms with Crippen molar-refractivity contribution in [3.63, 3.8) is 0 Å². The van der Waals surface area contributed by atoms with Crippen molar-refractivity contribution in [2.75, 3.05) is 13.2 Å². The Morgan fingerprint density at radius 3 is 2.52 bits per heavy atom. The van der Waals surface area contributed by atoms with Gasteiger partial charge in [-0.2, -0.15) is 0 Å². The Morgan fingerprint density at radius 2 is 1.84 bits per heavy atom. The van der Waals surface area contributed by atoms with Gasteiger partial charge in [-0.15, -0.1) is 0 Å². The van der Waals surface area contributed by atoms with Crippen LogP contribution in [0.3, 0.4) is 0 Å². The van der Waals surface area contributed by atoms with Gasteiger partial charge in [-0.05, 0) is 49.2 Å². The molecule has 1 aliphatic heterocycles. The molecule has 25 heavy (non-hydrogen) atoms.